The molecule has 1 fully saturated rings. The number of piperidine rings is 1. The van der Waals surface area contributed by atoms with Crippen molar-refractivity contribution in [3.05, 3.63) is 59.7 Å². The van der Waals surface area contributed by atoms with Gasteiger partial charge in [0.1, 0.15) is 5.82 Å². The first-order valence-corrected chi connectivity index (χ1v) is 7.85. The maximum absolute atomic E-state index is 13.5. The topological polar surface area (TPSA) is 45.2 Å². The lowest BCUT2D eigenvalue weighted by atomic mass is 9.90. The van der Waals surface area contributed by atoms with Crippen molar-refractivity contribution in [2.75, 3.05) is 18.4 Å². The summed E-state index contributed by atoms with van der Waals surface area (Å²) in [5.41, 5.74) is 2.34. The maximum atomic E-state index is 13.5. The minimum absolute atomic E-state index is 0.165. The Hall–Kier alpha value is -2.43. The van der Waals surface area contributed by atoms with Crippen LogP contribution < -0.4 is 5.32 Å². The SMILES string of the molecule is Cc1ccc(NC(=O)N2CCC(c3ccncc3)CC2)cc1F. The number of halogens is 1. The molecule has 2 heterocycles. The normalized spacial score (nSPS) is 15.5. The monoisotopic (exact) mass is 313 g/mol. The Morgan fingerprint density at radius 3 is 2.57 bits per heavy atom. The highest BCUT2D eigenvalue weighted by Crippen LogP contribution is 2.27. The maximum Gasteiger partial charge on any atom is 0.321 e. The molecule has 1 aromatic carbocycles. The Balaban J connectivity index is 1.57. The molecule has 5 heteroatoms. The molecule has 3 rings (SSSR count). The van der Waals surface area contributed by atoms with Crippen LogP contribution in [0.25, 0.3) is 0 Å². The van der Waals surface area contributed by atoms with Gasteiger partial charge in [-0.3, -0.25) is 4.98 Å². The molecule has 0 saturated carbocycles. The van der Waals surface area contributed by atoms with Crippen molar-refractivity contribution in [3.63, 3.8) is 0 Å². The number of pyridine rings is 1. The summed E-state index contributed by atoms with van der Waals surface area (Å²) in [6.07, 6.45) is 5.47. The van der Waals surface area contributed by atoms with Gasteiger partial charge >= 0.3 is 6.03 Å². The van der Waals surface area contributed by atoms with E-state index in [1.165, 1.54) is 11.6 Å². The number of carbonyl (C=O) groups excluding carboxylic acids is 1. The summed E-state index contributed by atoms with van der Waals surface area (Å²) in [5.74, 6) is 0.165. The van der Waals surface area contributed by atoms with E-state index in [-0.39, 0.29) is 11.8 Å². The molecule has 0 unspecified atom stereocenters. The standard InChI is InChI=1S/C18H20FN3O/c1-13-2-3-16(12-17(13)19)21-18(23)22-10-6-15(7-11-22)14-4-8-20-9-5-14/h2-5,8-9,12,15H,6-7,10-11H2,1H3,(H,21,23). The Morgan fingerprint density at radius 2 is 1.91 bits per heavy atom. The lowest BCUT2D eigenvalue weighted by Gasteiger charge is -2.32. The number of amides is 2. The summed E-state index contributed by atoms with van der Waals surface area (Å²) in [6.45, 7) is 3.10. The molecule has 120 valence electrons. The summed E-state index contributed by atoms with van der Waals surface area (Å²) in [7, 11) is 0. The van der Waals surface area contributed by atoms with Gasteiger partial charge < -0.3 is 10.2 Å². The molecule has 23 heavy (non-hydrogen) atoms. The second-order valence-corrected chi connectivity index (χ2v) is 5.94. The third-order valence-corrected chi connectivity index (χ3v) is 4.38. The minimum atomic E-state index is -0.306. The number of likely N-dealkylation sites (tertiary alicyclic amines) is 1. The number of anilines is 1. The van der Waals surface area contributed by atoms with Gasteiger partial charge in [-0.15, -0.1) is 0 Å². The zero-order chi connectivity index (χ0) is 16.2. The molecule has 2 aromatic rings. The number of hydrogen-bond donors (Lipinski definition) is 1. The first-order valence-electron chi connectivity index (χ1n) is 7.85. The first kappa shape index (κ1) is 15.5. The number of nitrogens with zero attached hydrogens (tertiary/aromatic N) is 2. The van der Waals surface area contributed by atoms with Crippen LogP contribution in [0.15, 0.2) is 42.7 Å². The van der Waals surface area contributed by atoms with Crippen LogP contribution in [0.5, 0.6) is 0 Å². The summed E-state index contributed by atoms with van der Waals surface area (Å²) in [6, 6.07) is 8.66. The van der Waals surface area contributed by atoms with E-state index in [1.807, 2.05) is 12.1 Å². The predicted molar refractivity (Wildman–Crippen MR) is 87.9 cm³/mol. The minimum Gasteiger partial charge on any atom is -0.324 e. The van der Waals surface area contributed by atoms with Gasteiger partial charge in [0.15, 0.2) is 0 Å². The fraction of sp³-hybridized carbons (Fsp3) is 0.333. The fourth-order valence-electron chi connectivity index (χ4n) is 2.92. The van der Waals surface area contributed by atoms with Gasteiger partial charge in [0, 0.05) is 31.2 Å². The van der Waals surface area contributed by atoms with Gasteiger partial charge in [-0.05, 0) is 61.1 Å². The molecule has 1 aliphatic heterocycles. The molecule has 1 aromatic heterocycles. The number of nitrogens with one attached hydrogen (secondary N) is 1. The summed E-state index contributed by atoms with van der Waals surface area (Å²) >= 11 is 0. The van der Waals surface area contributed by atoms with Gasteiger partial charge in [-0.1, -0.05) is 6.07 Å². The van der Waals surface area contributed by atoms with Gasteiger partial charge in [-0.2, -0.15) is 0 Å². The van der Waals surface area contributed by atoms with E-state index < -0.39 is 0 Å². The van der Waals surface area contributed by atoms with Crippen molar-refractivity contribution < 1.29 is 9.18 Å². The fourth-order valence-corrected chi connectivity index (χ4v) is 2.92. The van der Waals surface area contributed by atoms with Crippen molar-refractivity contribution in [2.45, 2.75) is 25.7 Å². The van der Waals surface area contributed by atoms with Crippen molar-refractivity contribution in [3.8, 4) is 0 Å². The third-order valence-electron chi connectivity index (χ3n) is 4.38. The molecule has 0 aliphatic carbocycles. The van der Waals surface area contributed by atoms with Crippen LogP contribution in [-0.2, 0) is 0 Å². The van der Waals surface area contributed by atoms with Gasteiger partial charge in [-0.25, -0.2) is 9.18 Å². The van der Waals surface area contributed by atoms with Crippen LogP contribution in [0.1, 0.15) is 29.9 Å². The van der Waals surface area contributed by atoms with E-state index in [0.29, 0.717) is 30.3 Å². The van der Waals surface area contributed by atoms with Gasteiger partial charge in [0.2, 0.25) is 0 Å². The Labute approximate surface area is 135 Å². The zero-order valence-electron chi connectivity index (χ0n) is 13.1. The molecule has 0 atom stereocenters. The molecule has 0 bridgehead atoms. The van der Waals surface area contributed by atoms with Crippen LogP contribution in [0, 0.1) is 12.7 Å². The lowest BCUT2D eigenvalue weighted by molar-refractivity contribution is 0.194. The molecule has 1 N–H and O–H groups in total. The number of aromatic nitrogens is 1. The third kappa shape index (κ3) is 3.67. The number of rotatable bonds is 2. The molecule has 1 saturated heterocycles. The van der Waals surface area contributed by atoms with Crippen LogP contribution >= 0.6 is 0 Å². The highest BCUT2D eigenvalue weighted by atomic mass is 19.1. The van der Waals surface area contributed by atoms with Gasteiger partial charge in [0.05, 0.1) is 0 Å². The van der Waals surface area contributed by atoms with E-state index in [9.17, 15) is 9.18 Å². The number of carbonyl (C=O) groups is 1. The van der Waals surface area contributed by atoms with Crippen LogP contribution in [0.2, 0.25) is 0 Å². The summed E-state index contributed by atoms with van der Waals surface area (Å²) in [5, 5.41) is 2.77. The van der Waals surface area contributed by atoms with Crippen LogP contribution in [-0.4, -0.2) is 29.0 Å². The van der Waals surface area contributed by atoms with Crippen molar-refractivity contribution in [1.29, 1.82) is 0 Å². The average molecular weight is 313 g/mol. The average Bonchev–Trinajstić information content (AvgIpc) is 2.59. The highest BCUT2D eigenvalue weighted by molar-refractivity contribution is 5.89. The van der Waals surface area contributed by atoms with Crippen LogP contribution in [0.3, 0.4) is 0 Å². The second kappa shape index (κ2) is 6.77. The zero-order valence-corrected chi connectivity index (χ0v) is 13.1. The molecule has 1 aliphatic rings. The number of hydrogen-bond acceptors (Lipinski definition) is 2. The van der Waals surface area contributed by atoms with E-state index in [0.717, 1.165) is 12.8 Å². The number of benzene rings is 1. The molecular formula is C18H20FN3O. The van der Waals surface area contributed by atoms with E-state index in [4.69, 9.17) is 0 Å². The van der Waals surface area contributed by atoms with Crippen molar-refractivity contribution in [1.82, 2.24) is 9.88 Å². The second-order valence-electron chi connectivity index (χ2n) is 5.94. The molecule has 2 amide bonds. The lowest BCUT2D eigenvalue weighted by Crippen LogP contribution is -2.40. The van der Waals surface area contributed by atoms with E-state index in [1.54, 1.807) is 36.4 Å². The summed E-state index contributed by atoms with van der Waals surface area (Å²) in [4.78, 5) is 18.1. The smallest absolute Gasteiger partial charge is 0.321 e. The Morgan fingerprint density at radius 1 is 1.22 bits per heavy atom. The molecule has 4 nitrogen and oxygen atoms in total. The number of urea groups is 1. The first-order chi connectivity index (χ1) is 11.1. The Kier molecular flexibility index (Phi) is 4.55. The van der Waals surface area contributed by atoms with Crippen LogP contribution in [0.4, 0.5) is 14.9 Å². The number of aryl methyl sites for hydroxylation is 1. The van der Waals surface area contributed by atoms with E-state index >= 15 is 0 Å². The molecule has 0 radical (unpaired) electrons. The predicted octanol–water partition coefficient (Wildman–Crippen LogP) is 3.94. The molecule has 0 spiro atoms. The largest absolute Gasteiger partial charge is 0.324 e. The van der Waals surface area contributed by atoms with Crippen molar-refractivity contribution in [2.24, 2.45) is 0 Å². The Bertz CT molecular complexity index is 682. The molecular weight excluding hydrogens is 293 g/mol. The summed E-state index contributed by atoms with van der Waals surface area (Å²) < 4.78 is 13.5. The van der Waals surface area contributed by atoms with E-state index in [2.05, 4.69) is 10.3 Å². The highest BCUT2D eigenvalue weighted by Gasteiger charge is 2.23. The quantitative estimate of drug-likeness (QED) is 0.912. The van der Waals surface area contributed by atoms with Crippen molar-refractivity contribution >= 4 is 11.7 Å². The van der Waals surface area contributed by atoms with Gasteiger partial charge in [0.25, 0.3) is 0 Å².